The van der Waals surface area contributed by atoms with Crippen molar-refractivity contribution < 1.29 is 9.18 Å². The van der Waals surface area contributed by atoms with E-state index in [4.69, 9.17) is 0 Å². The Morgan fingerprint density at radius 1 is 1.25 bits per heavy atom. The van der Waals surface area contributed by atoms with Gasteiger partial charge in [0.2, 0.25) is 0 Å². The number of rotatable bonds is 6. The molecule has 106 valence electrons. The van der Waals surface area contributed by atoms with Crippen molar-refractivity contribution in [1.29, 1.82) is 0 Å². The molecule has 1 aromatic heterocycles. The average Bonchev–Trinajstić information content (AvgIpc) is 2.94. The first-order valence-electron chi connectivity index (χ1n) is 6.33. The highest BCUT2D eigenvalue weighted by molar-refractivity contribution is 7.98. The number of thioether (sulfide) groups is 1. The Labute approximate surface area is 126 Å². The lowest BCUT2D eigenvalue weighted by Crippen LogP contribution is -2.23. The predicted molar refractivity (Wildman–Crippen MR) is 85.0 cm³/mol. The van der Waals surface area contributed by atoms with Crippen molar-refractivity contribution in [2.45, 2.75) is 6.42 Å². The van der Waals surface area contributed by atoms with Crippen LogP contribution < -0.4 is 5.32 Å². The van der Waals surface area contributed by atoms with Gasteiger partial charge in [0, 0.05) is 11.4 Å². The molecule has 1 aromatic carbocycles. The summed E-state index contributed by atoms with van der Waals surface area (Å²) in [6, 6.07) is 10.0. The number of thiophene rings is 1. The Morgan fingerprint density at radius 3 is 2.70 bits per heavy atom. The fourth-order valence-corrected chi connectivity index (χ4v) is 3.10. The van der Waals surface area contributed by atoms with Gasteiger partial charge in [0.15, 0.2) is 0 Å². The number of carbonyl (C=O) groups excluding carboxylic acids is 1. The maximum absolute atomic E-state index is 12.9. The molecule has 0 atom stereocenters. The Morgan fingerprint density at radius 2 is 2.00 bits per heavy atom. The number of nitrogens with one attached hydrogen (secondary N) is 1. The molecule has 2 nitrogen and oxygen atoms in total. The van der Waals surface area contributed by atoms with Crippen LogP contribution in [0, 0.1) is 5.82 Å². The molecule has 0 aliphatic rings. The van der Waals surface area contributed by atoms with Gasteiger partial charge in [-0.05, 0) is 48.3 Å². The summed E-state index contributed by atoms with van der Waals surface area (Å²) in [5.74, 6) is 0.757. The summed E-state index contributed by atoms with van der Waals surface area (Å²) < 4.78 is 12.9. The summed E-state index contributed by atoms with van der Waals surface area (Å²) in [5, 5.41) is 2.91. The van der Waals surface area contributed by atoms with Crippen LogP contribution in [0.4, 0.5) is 4.39 Å². The number of carbonyl (C=O) groups is 1. The van der Waals surface area contributed by atoms with E-state index in [1.165, 1.54) is 23.5 Å². The van der Waals surface area contributed by atoms with Crippen molar-refractivity contribution in [1.82, 2.24) is 5.32 Å². The molecule has 5 heteroatoms. The fourth-order valence-electron chi connectivity index (χ4n) is 1.73. The molecule has 0 aliphatic heterocycles. The van der Waals surface area contributed by atoms with Crippen LogP contribution in [0.3, 0.4) is 0 Å². The molecule has 2 rings (SSSR count). The average molecular weight is 309 g/mol. The highest BCUT2D eigenvalue weighted by atomic mass is 32.2. The molecule has 0 unspecified atom stereocenters. The van der Waals surface area contributed by atoms with E-state index in [0.29, 0.717) is 11.4 Å². The molecule has 20 heavy (non-hydrogen) atoms. The summed E-state index contributed by atoms with van der Waals surface area (Å²) >= 11 is 3.20. The minimum Gasteiger partial charge on any atom is -0.351 e. The van der Waals surface area contributed by atoms with Gasteiger partial charge in [0.05, 0.1) is 4.88 Å². The molecule has 0 bridgehead atoms. The predicted octanol–water partition coefficient (Wildman–Crippen LogP) is 4.04. The van der Waals surface area contributed by atoms with Gasteiger partial charge in [0.25, 0.3) is 5.91 Å². The SMILES string of the molecule is CSCCCNC(=O)c1ccc(-c2ccc(F)cc2)s1. The molecule has 0 saturated heterocycles. The molecule has 2 aromatic rings. The van der Waals surface area contributed by atoms with Gasteiger partial charge in [-0.1, -0.05) is 12.1 Å². The van der Waals surface area contributed by atoms with Crippen molar-refractivity contribution in [2.24, 2.45) is 0 Å². The van der Waals surface area contributed by atoms with E-state index in [-0.39, 0.29) is 11.7 Å². The zero-order valence-corrected chi connectivity index (χ0v) is 12.8. The van der Waals surface area contributed by atoms with Crippen LogP contribution in [0.2, 0.25) is 0 Å². The van der Waals surface area contributed by atoms with Gasteiger partial charge in [-0.2, -0.15) is 11.8 Å². The van der Waals surface area contributed by atoms with Gasteiger partial charge < -0.3 is 5.32 Å². The van der Waals surface area contributed by atoms with Crippen LogP contribution >= 0.6 is 23.1 Å². The van der Waals surface area contributed by atoms with Crippen molar-refractivity contribution in [2.75, 3.05) is 18.6 Å². The standard InChI is InChI=1S/C15H16FNOS2/c1-19-10-2-9-17-15(18)14-8-7-13(20-14)11-3-5-12(16)6-4-11/h3-8H,2,9-10H2,1H3,(H,17,18). The lowest BCUT2D eigenvalue weighted by Gasteiger charge is -2.02. The highest BCUT2D eigenvalue weighted by Gasteiger charge is 2.09. The largest absolute Gasteiger partial charge is 0.351 e. The molecule has 0 spiro atoms. The Hall–Kier alpha value is -1.33. The zero-order chi connectivity index (χ0) is 14.4. The second-order valence-corrected chi connectivity index (χ2v) is 6.34. The van der Waals surface area contributed by atoms with Gasteiger partial charge in [-0.25, -0.2) is 4.39 Å². The van der Waals surface area contributed by atoms with Crippen LogP contribution in [0.25, 0.3) is 10.4 Å². The molecule has 0 fully saturated rings. The van der Waals surface area contributed by atoms with Crippen LogP contribution in [0.5, 0.6) is 0 Å². The normalized spacial score (nSPS) is 10.5. The summed E-state index contributed by atoms with van der Waals surface area (Å²) in [6.45, 7) is 0.698. The van der Waals surface area contributed by atoms with Gasteiger partial charge >= 0.3 is 0 Å². The summed E-state index contributed by atoms with van der Waals surface area (Å²) in [7, 11) is 0. The topological polar surface area (TPSA) is 29.1 Å². The van der Waals surface area contributed by atoms with Crippen LogP contribution in [0.1, 0.15) is 16.1 Å². The third kappa shape index (κ3) is 4.08. The van der Waals surface area contributed by atoms with E-state index in [9.17, 15) is 9.18 Å². The van der Waals surface area contributed by atoms with Crippen LogP contribution in [-0.2, 0) is 0 Å². The fraction of sp³-hybridized carbons (Fsp3) is 0.267. The van der Waals surface area contributed by atoms with Crippen LogP contribution in [-0.4, -0.2) is 24.5 Å². The van der Waals surface area contributed by atoms with E-state index in [1.54, 1.807) is 23.9 Å². The lowest BCUT2D eigenvalue weighted by atomic mass is 10.2. The third-order valence-electron chi connectivity index (χ3n) is 2.77. The summed E-state index contributed by atoms with van der Waals surface area (Å²) in [5.41, 5.74) is 0.929. The van der Waals surface area contributed by atoms with E-state index in [0.717, 1.165) is 22.6 Å². The van der Waals surface area contributed by atoms with E-state index < -0.39 is 0 Å². The maximum Gasteiger partial charge on any atom is 0.261 e. The van der Waals surface area contributed by atoms with Crippen molar-refractivity contribution >= 4 is 29.0 Å². The number of benzene rings is 1. The smallest absolute Gasteiger partial charge is 0.261 e. The Balaban J connectivity index is 1.98. The number of amides is 1. The number of hydrogen-bond acceptors (Lipinski definition) is 3. The van der Waals surface area contributed by atoms with E-state index in [2.05, 4.69) is 11.6 Å². The molecular weight excluding hydrogens is 293 g/mol. The lowest BCUT2D eigenvalue weighted by molar-refractivity contribution is 0.0958. The van der Waals surface area contributed by atoms with E-state index in [1.807, 2.05) is 12.1 Å². The first-order valence-corrected chi connectivity index (χ1v) is 8.54. The maximum atomic E-state index is 12.9. The minimum atomic E-state index is -0.253. The second-order valence-electron chi connectivity index (χ2n) is 4.27. The highest BCUT2D eigenvalue weighted by Crippen LogP contribution is 2.28. The molecule has 0 radical (unpaired) electrons. The monoisotopic (exact) mass is 309 g/mol. The summed E-state index contributed by atoms with van der Waals surface area (Å²) in [6.07, 6.45) is 3.03. The van der Waals surface area contributed by atoms with Crippen LogP contribution in [0.15, 0.2) is 36.4 Å². The Kier molecular flexibility index (Phi) is 5.61. The third-order valence-corrected chi connectivity index (χ3v) is 4.60. The first kappa shape index (κ1) is 15.1. The first-order chi connectivity index (χ1) is 9.70. The molecule has 0 aliphatic carbocycles. The van der Waals surface area contributed by atoms with Gasteiger partial charge in [0.1, 0.15) is 5.82 Å². The molecule has 1 amide bonds. The quantitative estimate of drug-likeness (QED) is 0.816. The van der Waals surface area contributed by atoms with Gasteiger partial charge in [-0.3, -0.25) is 4.79 Å². The second kappa shape index (κ2) is 7.45. The Bertz CT molecular complexity index is 566. The zero-order valence-electron chi connectivity index (χ0n) is 11.2. The van der Waals surface area contributed by atoms with Crippen molar-refractivity contribution in [3.63, 3.8) is 0 Å². The summed E-state index contributed by atoms with van der Waals surface area (Å²) in [4.78, 5) is 13.6. The number of halogens is 1. The molecular formula is C15H16FNOS2. The molecule has 1 N–H and O–H groups in total. The molecule has 0 saturated carbocycles. The van der Waals surface area contributed by atoms with Crippen molar-refractivity contribution in [3.8, 4) is 10.4 Å². The van der Waals surface area contributed by atoms with E-state index >= 15 is 0 Å². The van der Waals surface area contributed by atoms with Crippen molar-refractivity contribution in [3.05, 3.63) is 47.1 Å². The molecule has 1 heterocycles. The minimum absolute atomic E-state index is 0.0375. The van der Waals surface area contributed by atoms with Gasteiger partial charge in [-0.15, -0.1) is 11.3 Å². The number of hydrogen-bond donors (Lipinski definition) is 1.